The lowest BCUT2D eigenvalue weighted by atomic mass is 9.90. The van der Waals surface area contributed by atoms with E-state index < -0.39 is 0 Å². The molecule has 1 saturated heterocycles. The molecule has 1 aromatic rings. The van der Waals surface area contributed by atoms with Crippen molar-refractivity contribution in [3.8, 4) is 5.75 Å². The Balaban J connectivity index is 2.51. The van der Waals surface area contributed by atoms with Crippen LogP contribution in [-0.4, -0.2) is 31.9 Å². The van der Waals surface area contributed by atoms with Crippen LogP contribution >= 0.6 is 23.2 Å². The predicted octanol–water partition coefficient (Wildman–Crippen LogP) is 2.22. The van der Waals surface area contributed by atoms with E-state index in [1.54, 1.807) is 13.2 Å². The van der Waals surface area contributed by atoms with Gasteiger partial charge in [0, 0.05) is 31.2 Å². The number of methoxy groups -OCH3 is 1. The van der Waals surface area contributed by atoms with Crippen molar-refractivity contribution in [2.45, 2.75) is 12.3 Å². The largest absolute Gasteiger partial charge is 0.496 e. The molecule has 3 nitrogen and oxygen atoms in total. The van der Waals surface area contributed by atoms with Crippen LogP contribution in [0, 0.1) is 0 Å². The van der Waals surface area contributed by atoms with E-state index in [2.05, 4.69) is 5.32 Å². The van der Waals surface area contributed by atoms with Crippen molar-refractivity contribution in [2.24, 2.45) is 0 Å². The molecule has 1 aliphatic heterocycles. The number of nitrogens with one attached hydrogen (secondary N) is 1. The lowest BCUT2D eigenvalue weighted by Gasteiger charge is -2.30. The maximum atomic E-state index is 9.06. The maximum Gasteiger partial charge on any atom is 0.127 e. The Hall–Kier alpha value is -0.480. The molecule has 0 aromatic heterocycles. The number of hydrogen-bond acceptors (Lipinski definition) is 3. The Morgan fingerprint density at radius 3 is 2.65 bits per heavy atom. The molecular weight excluding hydrogens is 261 g/mol. The molecule has 2 rings (SSSR count). The van der Waals surface area contributed by atoms with Crippen molar-refractivity contribution in [2.75, 3.05) is 26.8 Å². The van der Waals surface area contributed by atoms with E-state index in [0.717, 1.165) is 30.0 Å². The van der Waals surface area contributed by atoms with E-state index in [0.29, 0.717) is 22.4 Å². The monoisotopic (exact) mass is 275 g/mol. The second kappa shape index (κ2) is 5.44. The fourth-order valence-electron chi connectivity index (χ4n) is 2.09. The van der Waals surface area contributed by atoms with E-state index in [1.165, 1.54) is 0 Å². The average Bonchev–Trinajstić information content (AvgIpc) is 2.23. The summed E-state index contributed by atoms with van der Waals surface area (Å²) in [5.74, 6) is 1.11. The minimum absolute atomic E-state index is 0.0661. The van der Waals surface area contributed by atoms with Crippen LogP contribution in [0.3, 0.4) is 0 Å². The van der Waals surface area contributed by atoms with Gasteiger partial charge in [0.25, 0.3) is 0 Å². The zero-order valence-electron chi connectivity index (χ0n) is 9.59. The summed E-state index contributed by atoms with van der Waals surface area (Å²) in [5, 5.41) is 13.4. The van der Waals surface area contributed by atoms with Crippen LogP contribution in [0.15, 0.2) is 6.07 Å². The van der Waals surface area contributed by atoms with Crippen LogP contribution in [0.5, 0.6) is 5.75 Å². The maximum absolute atomic E-state index is 9.06. The van der Waals surface area contributed by atoms with Crippen molar-refractivity contribution in [3.63, 3.8) is 0 Å². The van der Waals surface area contributed by atoms with Crippen LogP contribution < -0.4 is 10.1 Å². The quantitative estimate of drug-likeness (QED) is 0.886. The molecule has 0 bridgehead atoms. The molecule has 94 valence electrons. The number of benzene rings is 1. The van der Waals surface area contributed by atoms with Gasteiger partial charge in [-0.15, -0.1) is 0 Å². The first kappa shape index (κ1) is 13.0. The highest BCUT2D eigenvalue weighted by Gasteiger charge is 2.28. The summed E-state index contributed by atoms with van der Waals surface area (Å²) in [7, 11) is 1.62. The number of aliphatic hydroxyl groups excluding tert-OH is 1. The summed E-state index contributed by atoms with van der Waals surface area (Å²) >= 11 is 12.4. The summed E-state index contributed by atoms with van der Waals surface area (Å²) in [6, 6.07) is 1.77. The Morgan fingerprint density at radius 2 is 2.18 bits per heavy atom. The number of aliphatic hydroxyl groups is 1. The highest BCUT2D eigenvalue weighted by Crippen LogP contribution is 2.42. The minimum Gasteiger partial charge on any atom is -0.496 e. The van der Waals surface area contributed by atoms with Crippen LogP contribution in [0.4, 0.5) is 0 Å². The number of halogens is 2. The zero-order valence-corrected chi connectivity index (χ0v) is 11.1. The standard InChI is InChI=1S/C12H15Cl2NO2/c1-17-12-7(2-3-16)4-9(13)11(14)10(12)8-5-15-6-8/h4,8,15-16H,2-3,5-6H2,1H3. The van der Waals surface area contributed by atoms with E-state index in [1.807, 2.05) is 0 Å². The summed E-state index contributed by atoms with van der Waals surface area (Å²) < 4.78 is 5.44. The second-order valence-corrected chi connectivity index (χ2v) is 4.89. The van der Waals surface area contributed by atoms with Crippen LogP contribution in [0.1, 0.15) is 17.0 Å². The molecule has 5 heteroatoms. The summed E-state index contributed by atoms with van der Waals surface area (Å²) in [6.45, 7) is 1.83. The van der Waals surface area contributed by atoms with Crippen molar-refractivity contribution in [3.05, 3.63) is 27.2 Å². The molecule has 2 N–H and O–H groups in total. The predicted molar refractivity (Wildman–Crippen MR) is 69.4 cm³/mol. The molecule has 17 heavy (non-hydrogen) atoms. The first-order chi connectivity index (χ1) is 8.19. The molecule has 0 unspecified atom stereocenters. The molecule has 0 radical (unpaired) electrons. The van der Waals surface area contributed by atoms with E-state index in [9.17, 15) is 0 Å². The van der Waals surface area contributed by atoms with Gasteiger partial charge in [-0.05, 0) is 18.1 Å². The van der Waals surface area contributed by atoms with Gasteiger partial charge in [0.2, 0.25) is 0 Å². The van der Waals surface area contributed by atoms with Gasteiger partial charge in [0.1, 0.15) is 5.75 Å². The third-order valence-electron chi connectivity index (χ3n) is 3.06. The summed E-state index contributed by atoms with van der Waals surface area (Å²) in [4.78, 5) is 0. The third kappa shape index (κ3) is 2.38. The van der Waals surface area contributed by atoms with E-state index in [4.69, 9.17) is 33.0 Å². The molecule has 1 aliphatic rings. The van der Waals surface area contributed by atoms with Crippen molar-refractivity contribution < 1.29 is 9.84 Å². The van der Waals surface area contributed by atoms with Gasteiger partial charge in [-0.25, -0.2) is 0 Å². The molecule has 1 aromatic carbocycles. The van der Waals surface area contributed by atoms with E-state index in [-0.39, 0.29) is 6.61 Å². The summed E-state index contributed by atoms with van der Waals surface area (Å²) in [5.41, 5.74) is 1.87. The second-order valence-electron chi connectivity index (χ2n) is 4.11. The smallest absolute Gasteiger partial charge is 0.127 e. The molecule has 0 amide bonds. The first-order valence-corrected chi connectivity index (χ1v) is 6.31. The Kier molecular flexibility index (Phi) is 4.15. The number of rotatable bonds is 4. The molecular formula is C12H15Cl2NO2. The van der Waals surface area contributed by atoms with Gasteiger partial charge < -0.3 is 15.2 Å². The summed E-state index contributed by atoms with van der Waals surface area (Å²) in [6.07, 6.45) is 0.521. The van der Waals surface area contributed by atoms with Gasteiger partial charge in [0.05, 0.1) is 17.2 Å². The SMILES string of the molecule is COc1c(CCO)cc(Cl)c(Cl)c1C1CNC1. The van der Waals surface area contributed by atoms with Crippen molar-refractivity contribution in [1.82, 2.24) is 5.32 Å². The molecule has 1 heterocycles. The number of ether oxygens (including phenoxy) is 1. The van der Waals surface area contributed by atoms with Crippen LogP contribution in [0.25, 0.3) is 0 Å². The van der Waals surface area contributed by atoms with Crippen LogP contribution in [0.2, 0.25) is 10.0 Å². The molecule has 1 fully saturated rings. The van der Waals surface area contributed by atoms with Crippen molar-refractivity contribution >= 4 is 23.2 Å². The van der Waals surface area contributed by atoms with Gasteiger partial charge in [-0.3, -0.25) is 0 Å². The van der Waals surface area contributed by atoms with Gasteiger partial charge in [0.15, 0.2) is 0 Å². The molecule has 0 spiro atoms. The minimum atomic E-state index is 0.0661. The highest BCUT2D eigenvalue weighted by molar-refractivity contribution is 6.42. The lowest BCUT2D eigenvalue weighted by Crippen LogP contribution is -2.40. The normalized spacial score (nSPS) is 15.8. The third-order valence-corrected chi connectivity index (χ3v) is 3.86. The Bertz CT molecular complexity index is 419. The highest BCUT2D eigenvalue weighted by atomic mass is 35.5. The Labute approximate surface area is 111 Å². The lowest BCUT2D eigenvalue weighted by molar-refractivity contribution is 0.296. The Morgan fingerprint density at radius 1 is 1.47 bits per heavy atom. The number of hydrogen-bond donors (Lipinski definition) is 2. The molecule has 0 saturated carbocycles. The first-order valence-electron chi connectivity index (χ1n) is 5.55. The fourth-order valence-corrected chi connectivity index (χ4v) is 2.62. The van der Waals surface area contributed by atoms with Crippen molar-refractivity contribution in [1.29, 1.82) is 0 Å². The zero-order chi connectivity index (χ0) is 12.4. The molecule has 0 atom stereocenters. The topological polar surface area (TPSA) is 41.5 Å². The average molecular weight is 276 g/mol. The van der Waals surface area contributed by atoms with E-state index >= 15 is 0 Å². The van der Waals surface area contributed by atoms with Gasteiger partial charge >= 0.3 is 0 Å². The van der Waals surface area contributed by atoms with Crippen LogP contribution in [-0.2, 0) is 6.42 Å². The van der Waals surface area contributed by atoms with Gasteiger partial charge in [-0.1, -0.05) is 23.2 Å². The fraction of sp³-hybridized carbons (Fsp3) is 0.500. The van der Waals surface area contributed by atoms with Gasteiger partial charge in [-0.2, -0.15) is 0 Å². The molecule has 0 aliphatic carbocycles.